The van der Waals surface area contributed by atoms with Crippen molar-refractivity contribution < 1.29 is 9.50 Å². The summed E-state index contributed by atoms with van der Waals surface area (Å²) in [5, 5.41) is 12.5. The number of benzene rings is 1. The number of rotatable bonds is 4. The van der Waals surface area contributed by atoms with Gasteiger partial charge in [0.05, 0.1) is 11.3 Å². The molecule has 2 aromatic heterocycles. The highest BCUT2D eigenvalue weighted by atomic mass is 32.1. The van der Waals surface area contributed by atoms with Crippen LogP contribution in [0.5, 0.6) is 0 Å². The highest BCUT2D eigenvalue weighted by molar-refractivity contribution is 7.15. The van der Waals surface area contributed by atoms with Gasteiger partial charge in [-0.3, -0.25) is 4.40 Å². The molecule has 2 heterocycles. The van der Waals surface area contributed by atoms with Gasteiger partial charge in [-0.15, -0.1) is 11.3 Å². The van der Waals surface area contributed by atoms with E-state index in [1.54, 1.807) is 30.4 Å². The zero-order valence-electron chi connectivity index (χ0n) is 11.1. The fraction of sp³-hybridized carbons (Fsp3) is 0.267. The standard InChI is InChI=1S/C15H15FN2OS/c1-15(19,8-11-2-4-12(16)5-3-11)9-13-10-18-6-7-20-14(18)17-13/h2-7,10,19H,8-9H2,1H3. The van der Waals surface area contributed by atoms with Crippen LogP contribution in [0.2, 0.25) is 0 Å². The SMILES string of the molecule is CC(O)(Cc1ccc(F)cc1)Cc1cn2ccsc2n1. The molecule has 5 heteroatoms. The molecule has 0 aliphatic carbocycles. The van der Waals surface area contributed by atoms with Gasteiger partial charge in [0.15, 0.2) is 4.96 Å². The summed E-state index contributed by atoms with van der Waals surface area (Å²) in [6, 6.07) is 6.24. The third-order valence-corrected chi connectivity index (χ3v) is 3.97. The van der Waals surface area contributed by atoms with E-state index in [2.05, 4.69) is 4.98 Å². The summed E-state index contributed by atoms with van der Waals surface area (Å²) >= 11 is 1.57. The van der Waals surface area contributed by atoms with Crippen molar-refractivity contribution in [1.82, 2.24) is 9.38 Å². The van der Waals surface area contributed by atoms with E-state index < -0.39 is 5.60 Å². The lowest BCUT2D eigenvalue weighted by Gasteiger charge is -2.22. The Bertz CT molecular complexity index is 686. The van der Waals surface area contributed by atoms with Crippen LogP contribution < -0.4 is 0 Å². The number of hydrogen-bond acceptors (Lipinski definition) is 3. The van der Waals surface area contributed by atoms with E-state index in [0.717, 1.165) is 16.2 Å². The molecular weight excluding hydrogens is 275 g/mol. The lowest BCUT2D eigenvalue weighted by Crippen LogP contribution is -2.30. The summed E-state index contributed by atoms with van der Waals surface area (Å²) in [4.78, 5) is 5.40. The number of fused-ring (bicyclic) bond motifs is 1. The molecule has 1 unspecified atom stereocenters. The second-order valence-electron chi connectivity index (χ2n) is 5.30. The maximum absolute atomic E-state index is 12.9. The second-order valence-corrected chi connectivity index (χ2v) is 6.18. The zero-order valence-corrected chi connectivity index (χ0v) is 11.9. The third-order valence-electron chi connectivity index (χ3n) is 3.20. The van der Waals surface area contributed by atoms with Crippen LogP contribution >= 0.6 is 11.3 Å². The number of nitrogens with zero attached hydrogens (tertiary/aromatic N) is 2. The summed E-state index contributed by atoms with van der Waals surface area (Å²) < 4.78 is 14.8. The van der Waals surface area contributed by atoms with E-state index in [4.69, 9.17) is 0 Å². The Labute approximate surface area is 120 Å². The molecule has 3 rings (SSSR count). The first-order valence-corrected chi connectivity index (χ1v) is 7.28. The van der Waals surface area contributed by atoms with E-state index in [1.165, 1.54) is 12.1 Å². The van der Waals surface area contributed by atoms with Crippen molar-refractivity contribution >= 4 is 16.3 Å². The molecule has 0 saturated carbocycles. The number of halogens is 1. The first-order valence-electron chi connectivity index (χ1n) is 6.40. The van der Waals surface area contributed by atoms with Crippen LogP contribution in [0.1, 0.15) is 18.2 Å². The number of hydrogen-bond donors (Lipinski definition) is 1. The minimum absolute atomic E-state index is 0.261. The van der Waals surface area contributed by atoms with Crippen LogP contribution in [-0.2, 0) is 12.8 Å². The normalized spacial score (nSPS) is 14.6. The number of aliphatic hydroxyl groups is 1. The molecular formula is C15H15FN2OS. The minimum atomic E-state index is -0.901. The van der Waals surface area contributed by atoms with Crippen molar-refractivity contribution in [3.63, 3.8) is 0 Å². The summed E-state index contributed by atoms with van der Waals surface area (Å²) in [5.74, 6) is -0.261. The monoisotopic (exact) mass is 290 g/mol. The largest absolute Gasteiger partial charge is 0.389 e. The molecule has 1 N–H and O–H groups in total. The van der Waals surface area contributed by atoms with E-state index in [1.807, 2.05) is 22.2 Å². The van der Waals surface area contributed by atoms with Crippen molar-refractivity contribution in [2.24, 2.45) is 0 Å². The van der Waals surface area contributed by atoms with Gasteiger partial charge in [-0.05, 0) is 24.6 Å². The minimum Gasteiger partial charge on any atom is -0.389 e. The van der Waals surface area contributed by atoms with E-state index in [-0.39, 0.29) is 5.82 Å². The van der Waals surface area contributed by atoms with Crippen molar-refractivity contribution in [3.8, 4) is 0 Å². The average molecular weight is 290 g/mol. The predicted octanol–water partition coefficient (Wildman–Crippen LogP) is 3.07. The van der Waals surface area contributed by atoms with Gasteiger partial charge in [0.1, 0.15) is 5.82 Å². The molecule has 1 atom stereocenters. The molecule has 0 aliphatic heterocycles. The molecule has 0 fully saturated rings. The molecule has 0 aliphatic rings. The molecule has 3 aromatic rings. The summed E-state index contributed by atoms with van der Waals surface area (Å²) in [5.41, 5.74) is 0.878. The summed E-state index contributed by atoms with van der Waals surface area (Å²) in [6.07, 6.45) is 4.83. The van der Waals surface area contributed by atoms with Crippen molar-refractivity contribution in [1.29, 1.82) is 0 Å². The van der Waals surface area contributed by atoms with Gasteiger partial charge in [-0.1, -0.05) is 12.1 Å². The Morgan fingerprint density at radius 3 is 2.75 bits per heavy atom. The smallest absolute Gasteiger partial charge is 0.193 e. The van der Waals surface area contributed by atoms with Gasteiger partial charge in [0, 0.05) is 30.6 Å². The topological polar surface area (TPSA) is 37.5 Å². The molecule has 0 spiro atoms. The van der Waals surface area contributed by atoms with E-state index in [9.17, 15) is 9.50 Å². The quantitative estimate of drug-likeness (QED) is 0.802. The highest BCUT2D eigenvalue weighted by Gasteiger charge is 2.23. The Kier molecular flexibility index (Phi) is 3.31. The van der Waals surface area contributed by atoms with E-state index >= 15 is 0 Å². The molecule has 3 nitrogen and oxygen atoms in total. The van der Waals surface area contributed by atoms with Gasteiger partial charge >= 0.3 is 0 Å². The fourth-order valence-corrected chi connectivity index (χ4v) is 3.07. The highest BCUT2D eigenvalue weighted by Crippen LogP contribution is 2.20. The second kappa shape index (κ2) is 5.00. The van der Waals surface area contributed by atoms with Gasteiger partial charge in [0.25, 0.3) is 0 Å². The van der Waals surface area contributed by atoms with Crippen molar-refractivity contribution in [2.45, 2.75) is 25.4 Å². The lowest BCUT2D eigenvalue weighted by atomic mass is 9.92. The van der Waals surface area contributed by atoms with E-state index in [0.29, 0.717) is 12.8 Å². The summed E-state index contributed by atoms with van der Waals surface area (Å²) in [6.45, 7) is 1.78. The van der Waals surface area contributed by atoms with Crippen LogP contribution in [0.15, 0.2) is 42.0 Å². The Balaban J connectivity index is 1.74. The van der Waals surface area contributed by atoms with Crippen LogP contribution in [0.25, 0.3) is 4.96 Å². The summed E-state index contributed by atoms with van der Waals surface area (Å²) in [7, 11) is 0. The first-order chi connectivity index (χ1) is 9.52. The maximum Gasteiger partial charge on any atom is 0.193 e. The van der Waals surface area contributed by atoms with Gasteiger partial charge < -0.3 is 5.11 Å². The number of imidazole rings is 1. The van der Waals surface area contributed by atoms with Gasteiger partial charge in [-0.2, -0.15) is 0 Å². The van der Waals surface area contributed by atoms with Gasteiger partial charge in [0.2, 0.25) is 0 Å². The maximum atomic E-state index is 12.9. The molecule has 0 radical (unpaired) electrons. The van der Waals surface area contributed by atoms with Gasteiger partial charge in [-0.25, -0.2) is 9.37 Å². The number of aromatic nitrogens is 2. The number of thiazole rings is 1. The Hall–Kier alpha value is -1.72. The van der Waals surface area contributed by atoms with Crippen molar-refractivity contribution in [2.75, 3.05) is 0 Å². The molecule has 1 aromatic carbocycles. The molecule has 0 bridgehead atoms. The lowest BCUT2D eigenvalue weighted by molar-refractivity contribution is 0.0599. The van der Waals surface area contributed by atoms with Crippen LogP contribution in [-0.4, -0.2) is 20.1 Å². The zero-order chi connectivity index (χ0) is 14.2. The van der Waals surface area contributed by atoms with Crippen LogP contribution in [0, 0.1) is 5.82 Å². The molecule has 20 heavy (non-hydrogen) atoms. The predicted molar refractivity (Wildman–Crippen MR) is 77.5 cm³/mol. The average Bonchev–Trinajstić information content (AvgIpc) is 2.92. The first kappa shape index (κ1) is 13.3. The van der Waals surface area contributed by atoms with Crippen molar-refractivity contribution in [3.05, 3.63) is 59.1 Å². The molecule has 0 saturated heterocycles. The Morgan fingerprint density at radius 2 is 2.05 bits per heavy atom. The Morgan fingerprint density at radius 1 is 1.30 bits per heavy atom. The van der Waals surface area contributed by atoms with Crippen LogP contribution in [0.3, 0.4) is 0 Å². The third kappa shape index (κ3) is 2.89. The van der Waals surface area contributed by atoms with Crippen LogP contribution in [0.4, 0.5) is 4.39 Å². The molecule has 104 valence electrons. The fourth-order valence-electron chi connectivity index (χ4n) is 2.36. The molecule has 0 amide bonds.